The predicted molar refractivity (Wildman–Crippen MR) is 174 cm³/mol. The highest BCUT2D eigenvalue weighted by Crippen LogP contribution is 2.48. The summed E-state index contributed by atoms with van der Waals surface area (Å²) in [6.45, 7) is 11.9. The second-order valence-corrected chi connectivity index (χ2v) is 14.0. The molecule has 1 amide bonds. The second kappa shape index (κ2) is 13.9. The number of rotatable bonds is 10. The number of amides is 1. The maximum absolute atomic E-state index is 15.7. The van der Waals surface area contributed by atoms with Gasteiger partial charge in [0.2, 0.25) is 5.91 Å². The molecule has 0 spiro atoms. The number of hydrogen-bond acceptors (Lipinski definition) is 8. The van der Waals surface area contributed by atoms with Gasteiger partial charge in [-0.15, -0.1) is 0 Å². The number of nitrogens with one attached hydrogen (secondary N) is 1. The molecule has 2 aromatic rings. The Bertz CT molecular complexity index is 1430. The molecule has 1 heterocycles. The number of nitrogens with zero attached hydrogens (tertiary/aromatic N) is 2. The Hall–Kier alpha value is -3.25. The van der Waals surface area contributed by atoms with E-state index in [2.05, 4.69) is 39.9 Å². The van der Waals surface area contributed by atoms with Gasteiger partial charge in [-0.25, -0.2) is 9.18 Å². The number of aromatic carboxylic acids is 1. The van der Waals surface area contributed by atoms with E-state index in [0.29, 0.717) is 28.7 Å². The molecule has 0 bridgehead atoms. The number of carboxylic acids is 1. The molecule has 0 radical (unpaired) electrons. The second-order valence-electron chi connectivity index (χ2n) is 14.0. The average molecular weight is 644 g/mol. The largest absolute Gasteiger partial charge is 0.496 e. The van der Waals surface area contributed by atoms with Gasteiger partial charge < -0.3 is 30.3 Å². The van der Waals surface area contributed by atoms with Gasteiger partial charge in [-0.1, -0.05) is 34.6 Å². The Labute approximate surface area is 271 Å². The third-order valence-corrected chi connectivity index (χ3v) is 10.9. The summed E-state index contributed by atoms with van der Waals surface area (Å²) in [5, 5.41) is 35.3. The van der Waals surface area contributed by atoms with E-state index < -0.39 is 42.6 Å². The van der Waals surface area contributed by atoms with Gasteiger partial charge in [0.25, 0.3) is 0 Å². The van der Waals surface area contributed by atoms with Crippen LogP contribution in [-0.2, 0) is 16.2 Å². The molecule has 1 aliphatic heterocycles. The summed E-state index contributed by atoms with van der Waals surface area (Å²) >= 11 is 0. The summed E-state index contributed by atoms with van der Waals surface area (Å²) < 4.78 is 21.4. The highest BCUT2D eigenvalue weighted by molar-refractivity contribution is 5.92. The fourth-order valence-electron chi connectivity index (χ4n) is 7.22. The molecule has 0 unspecified atom stereocenters. The smallest absolute Gasteiger partial charge is 0.335 e. The van der Waals surface area contributed by atoms with Crippen molar-refractivity contribution < 1.29 is 38.9 Å². The van der Waals surface area contributed by atoms with E-state index in [1.54, 1.807) is 38.1 Å². The van der Waals surface area contributed by atoms with Gasteiger partial charge in [-0.2, -0.15) is 5.06 Å². The van der Waals surface area contributed by atoms with Crippen LogP contribution in [0.4, 0.5) is 10.1 Å². The lowest BCUT2D eigenvalue weighted by molar-refractivity contribution is -0.182. The number of carboxylic acid groups (broad SMARTS) is 1. The lowest BCUT2D eigenvalue weighted by atomic mass is 9.58. The van der Waals surface area contributed by atoms with Crippen molar-refractivity contribution in [3.8, 4) is 16.9 Å². The number of aliphatic hydroxyl groups is 2. The maximum atomic E-state index is 15.7. The van der Waals surface area contributed by atoms with Crippen molar-refractivity contribution >= 4 is 17.6 Å². The van der Waals surface area contributed by atoms with E-state index in [4.69, 9.17) is 9.57 Å². The number of methoxy groups -OCH3 is 1. The third-order valence-electron chi connectivity index (χ3n) is 10.9. The SMILES string of the molecule is COc1c(-c2cc(C(=O)O)cc(N(C)C)c2)ccc(F)c1CN1O[C@@H](CO)[C@@H]([C@H](C)O)[C@H]1C(=O)N[C@H]1C[C@@H](C)C(C)(C)[C@@H](C)[C@@H]1C. The molecule has 11 heteroatoms. The van der Waals surface area contributed by atoms with Gasteiger partial charge in [-0.3, -0.25) is 9.63 Å². The first-order valence-electron chi connectivity index (χ1n) is 16.0. The Balaban J connectivity index is 1.74. The highest BCUT2D eigenvalue weighted by Gasteiger charge is 2.51. The number of carbonyl (C=O) groups is 2. The van der Waals surface area contributed by atoms with Crippen molar-refractivity contribution in [2.45, 2.75) is 78.8 Å². The van der Waals surface area contributed by atoms with Crippen molar-refractivity contribution in [2.24, 2.45) is 29.1 Å². The normalized spacial score (nSPS) is 28.5. The molecule has 4 N–H and O–H groups in total. The number of aliphatic hydroxyl groups excluding tert-OH is 2. The fraction of sp³-hybridized carbons (Fsp3) is 0.600. The first kappa shape index (κ1) is 35.6. The average Bonchev–Trinajstić information content (AvgIpc) is 3.38. The first-order valence-corrected chi connectivity index (χ1v) is 16.0. The van der Waals surface area contributed by atoms with E-state index in [9.17, 15) is 24.9 Å². The van der Waals surface area contributed by atoms with E-state index in [0.717, 1.165) is 6.42 Å². The summed E-state index contributed by atoms with van der Waals surface area (Å²) in [5.74, 6) is -1.84. The van der Waals surface area contributed by atoms with Crippen LogP contribution in [0.15, 0.2) is 30.3 Å². The molecule has 2 fully saturated rings. The topological polar surface area (TPSA) is 132 Å². The van der Waals surface area contributed by atoms with Crippen LogP contribution in [-0.4, -0.2) is 84.4 Å². The molecule has 1 aliphatic carbocycles. The number of carbonyl (C=O) groups excluding carboxylic acids is 1. The van der Waals surface area contributed by atoms with Crippen LogP contribution < -0.4 is 15.0 Å². The van der Waals surface area contributed by atoms with Gasteiger partial charge in [0, 0.05) is 42.9 Å². The molecule has 4 rings (SSSR count). The van der Waals surface area contributed by atoms with E-state index in [-0.39, 0.29) is 46.7 Å². The summed E-state index contributed by atoms with van der Waals surface area (Å²) in [4.78, 5) is 33.9. The van der Waals surface area contributed by atoms with Crippen LogP contribution in [0.1, 0.15) is 63.9 Å². The number of halogens is 1. The monoisotopic (exact) mass is 643 g/mol. The lowest BCUT2D eigenvalue weighted by Gasteiger charge is -2.50. The number of hydrogen-bond donors (Lipinski definition) is 4. The van der Waals surface area contributed by atoms with E-state index in [1.807, 2.05) is 0 Å². The van der Waals surface area contributed by atoms with Crippen LogP contribution >= 0.6 is 0 Å². The molecular weight excluding hydrogens is 593 g/mol. The molecule has 2 aromatic carbocycles. The zero-order chi connectivity index (χ0) is 34.2. The van der Waals surface area contributed by atoms with E-state index >= 15 is 4.39 Å². The first-order chi connectivity index (χ1) is 21.5. The van der Waals surface area contributed by atoms with Gasteiger partial charge in [0.1, 0.15) is 23.7 Å². The van der Waals surface area contributed by atoms with Crippen molar-refractivity contribution in [2.75, 3.05) is 32.7 Å². The maximum Gasteiger partial charge on any atom is 0.335 e. The Morgan fingerprint density at radius 1 is 1.20 bits per heavy atom. The summed E-state index contributed by atoms with van der Waals surface area (Å²) in [6.07, 6.45) is -1.13. The van der Waals surface area contributed by atoms with Crippen LogP contribution in [0, 0.1) is 34.9 Å². The molecule has 1 saturated carbocycles. The number of anilines is 1. The van der Waals surface area contributed by atoms with Crippen molar-refractivity contribution in [3.05, 3.63) is 47.3 Å². The predicted octanol–water partition coefficient (Wildman–Crippen LogP) is 4.56. The molecule has 254 valence electrons. The van der Waals surface area contributed by atoms with Crippen LogP contribution in [0.2, 0.25) is 0 Å². The zero-order valence-electron chi connectivity index (χ0n) is 28.4. The zero-order valence-corrected chi connectivity index (χ0v) is 28.4. The van der Waals surface area contributed by atoms with Crippen LogP contribution in [0.25, 0.3) is 11.1 Å². The van der Waals surface area contributed by atoms with Gasteiger partial charge in [0.15, 0.2) is 0 Å². The third kappa shape index (κ3) is 6.74. The molecule has 1 saturated heterocycles. The van der Waals surface area contributed by atoms with Gasteiger partial charge in [0.05, 0.1) is 31.9 Å². The molecule has 8 atom stereocenters. The molecule has 0 aromatic heterocycles. The van der Waals surface area contributed by atoms with E-state index in [1.165, 1.54) is 30.4 Å². The summed E-state index contributed by atoms with van der Waals surface area (Å²) in [7, 11) is 4.98. The lowest BCUT2D eigenvalue weighted by Crippen LogP contribution is -2.56. The van der Waals surface area contributed by atoms with Gasteiger partial charge in [-0.05, 0) is 72.4 Å². The van der Waals surface area contributed by atoms with Crippen molar-refractivity contribution in [1.82, 2.24) is 10.4 Å². The number of benzene rings is 2. The van der Waals surface area contributed by atoms with Crippen molar-refractivity contribution in [1.29, 1.82) is 0 Å². The fourth-order valence-corrected chi connectivity index (χ4v) is 7.22. The molecular formula is C35H50FN3O7. The summed E-state index contributed by atoms with van der Waals surface area (Å²) in [6, 6.07) is 6.48. The molecule has 10 nitrogen and oxygen atoms in total. The van der Waals surface area contributed by atoms with Crippen molar-refractivity contribution in [3.63, 3.8) is 0 Å². The Kier molecular flexibility index (Phi) is 10.7. The number of ether oxygens (including phenoxy) is 1. The highest BCUT2D eigenvalue weighted by atomic mass is 19.1. The minimum absolute atomic E-state index is 0.0586. The van der Waals surface area contributed by atoms with Crippen LogP contribution in [0.5, 0.6) is 5.75 Å². The Morgan fingerprint density at radius 3 is 2.43 bits per heavy atom. The quantitative estimate of drug-likeness (QED) is 0.294. The number of hydroxylamine groups is 2. The van der Waals surface area contributed by atoms with Crippen LogP contribution in [0.3, 0.4) is 0 Å². The molecule has 46 heavy (non-hydrogen) atoms. The Morgan fingerprint density at radius 2 is 1.87 bits per heavy atom. The van der Waals surface area contributed by atoms with Gasteiger partial charge >= 0.3 is 5.97 Å². The minimum atomic E-state index is -1.11. The minimum Gasteiger partial charge on any atom is -0.496 e. The molecule has 2 aliphatic rings. The summed E-state index contributed by atoms with van der Waals surface area (Å²) in [5.41, 5.74) is 1.84. The standard InChI is InChI=1S/C35H50FN3O7/c1-18-12-28(19(2)20(3)35(18,5)6)37-33(42)31-30(21(4)41)29(17-40)46-39(31)16-26-27(36)11-10-25(32(26)45-9)22-13-23(34(43)44)15-24(14-22)38(7)8/h10-11,13-15,18-21,28-31,40-41H,12,16-17H2,1-9H3,(H,37,42)(H,43,44)/t18-,19+,20+,21+,28+,29+,30-,31+/m1/s1.